The van der Waals surface area contributed by atoms with Gasteiger partial charge in [0.05, 0.1) is 12.5 Å². The van der Waals surface area contributed by atoms with E-state index in [1.54, 1.807) is 11.3 Å². The normalized spacial score (nSPS) is 24.8. The SMILES string of the molecule is O=C(O)C1CCC(NC(=O)N(Cc2cccs2)C2CC2)C1. The van der Waals surface area contributed by atoms with Crippen LogP contribution in [0, 0.1) is 5.92 Å². The quantitative estimate of drug-likeness (QED) is 0.878. The molecule has 114 valence electrons. The Morgan fingerprint density at radius 1 is 1.33 bits per heavy atom. The molecule has 1 heterocycles. The van der Waals surface area contributed by atoms with E-state index in [9.17, 15) is 9.59 Å². The molecular weight excluding hydrogens is 288 g/mol. The first-order valence-electron chi connectivity index (χ1n) is 7.46. The predicted octanol–water partition coefficient (Wildman–Crippen LogP) is 2.68. The van der Waals surface area contributed by atoms with Gasteiger partial charge in [0, 0.05) is 17.0 Å². The molecule has 2 aliphatic carbocycles. The molecule has 0 saturated heterocycles. The van der Waals surface area contributed by atoms with Crippen molar-refractivity contribution < 1.29 is 14.7 Å². The maximum Gasteiger partial charge on any atom is 0.318 e. The second-order valence-corrected chi connectivity index (χ2v) is 6.97. The van der Waals surface area contributed by atoms with Gasteiger partial charge in [-0.3, -0.25) is 4.79 Å². The Balaban J connectivity index is 1.56. The van der Waals surface area contributed by atoms with Crippen LogP contribution in [0.1, 0.15) is 37.0 Å². The number of carbonyl (C=O) groups is 2. The Morgan fingerprint density at radius 3 is 2.71 bits per heavy atom. The molecule has 5 nitrogen and oxygen atoms in total. The molecule has 0 aromatic carbocycles. The highest BCUT2D eigenvalue weighted by Crippen LogP contribution is 2.30. The van der Waals surface area contributed by atoms with Crippen LogP contribution in [-0.4, -0.2) is 34.1 Å². The van der Waals surface area contributed by atoms with Crippen LogP contribution in [0.5, 0.6) is 0 Å². The van der Waals surface area contributed by atoms with E-state index in [0.717, 1.165) is 19.3 Å². The van der Waals surface area contributed by atoms with Crippen LogP contribution < -0.4 is 5.32 Å². The number of aliphatic carboxylic acids is 1. The van der Waals surface area contributed by atoms with Gasteiger partial charge in [-0.2, -0.15) is 0 Å². The molecule has 2 atom stereocenters. The van der Waals surface area contributed by atoms with Crippen LogP contribution >= 0.6 is 11.3 Å². The Kier molecular flexibility index (Phi) is 4.14. The summed E-state index contributed by atoms with van der Waals surface area (Å²) in [5, 5.41) is 14.1. The number of urea groups is 1. The molecule has 6 heteroatoms. The lowest BCUT2D eigenvalue weighted by molar-refractivity contribution is -0.141. The fourth-order valence-corrected chi connectivity index (χ4v) is 3.62. The van der Waals surface area contributed by atoms with Gasteiger partial charge >= 0.3 is 12.0 Å². The fourth-order valence-electron chi connectivity index (χ4n) is 2.92. The molecule has 1 aromatic rings. The van der Waals surface area contributed by atoms with E-state index in [4.69, 9.17) is 5.11 Å². The van der Waals surface area contributed by atoms with Crippen molar-refractivity contribution in [3.05, 3.63) is 22.4 Å². The minimum atomic E-state index is -0.746. The number of rotatable bonds is 5. The molecule has 3 rings (SSSR count). The average molecular weight is 308 g/mol. The largest absolute Gasteiger partial charge is 0.481 e. The standard InChI is InChI=1S/C15H20N2O3S/c18-14(19)10-3-4-11(8-10)16-15(20)17(12-5-6-12)9-13-2-1-7-21-13/h1-2,7,10-12H,3-6,8-9H2,(H,16,20)(H,18,19). The van der Waals surface area contributed by atoms with Crippen LogP contribution in [0.3, 0.4) is 0 Å². The molecule has 0 aliphatic heterocycles. The summed E-state index contributed by atoms with van der Waals surface area (Å²) in [4.78, 5) is 26.5. The van der Waals surface area contributed by atoms with E-state index < -0.39 is 5.97 Å². The maximum absolute atomic E-state index is 12.5. The molecule has 2 aliphatic rings. The number of carbonyl (C=O) groups excluding carboxylic acids is 1. The molecule has 0 bridgehead atoms. The summed E-state index contributed by atoms with van der Waals surface area (Å²) in [6, 6.07) is 4.36. The number of nitrogens with zero attached hydrogens (tertiary/aromatic N) is 1. The number of carboxylic acid groups (broad SMARTS) is 1. The highest BCUT2D eigenvalue weighted by atomic mass is 32.1. The van der Waals surface area contributed by atoms with E-state index in [1.807, 2.05) is 22.4 Å². The number of hydrogen-bond acceptors (Lipinski definition) is 3. The zero-order valence-corrected chi connectivity index (χ0v) is 12.6. The fraction of sp³-hybridized carbons (Fsp3) is 0.600. The molecule has 2 amide bonds. The second-order valence-electron chi connectivity index (χ2n) is 5.93. The summed E-state index contributed by atoms with van der Waals surface area (Å²) in [5.41, 5.74) is 0. The number of amides is 2. The molecule has 2 N–H and O–H groups in total. The van der Waals surface area contributed by atoms with E-state index in [2.05, 4.69) is 5.32 Å². The summed E-state index contributed by atoms with van der Waals surface area (Å²) in [6.45, 7) is 0.656. The van der Waals surface area contributed by atoms with Crippen molar-refractivity contribution >= 4 is 23.3 Å². The van der Waals surface area contributed by atoms with Crippen molar-refractivity contribution in [3.63, 3.8) is 0 Å². The summed E-state index contributed by atoms with van der Waals surface area (Å²) in [6.07, 6.45) is 4.12. The molecule has 0 radical (unpaired) electrons. The lowest BCUT2D eigenvalue weighted by Crippen LogP contribution is -2.44. The van der Waals surface area contributed by atoms with Gasteiger partial charge in [-0.1, -0.05) is 6.07 Å². The summed E-state index contributed by atoms with van der Waals surface area (Å²) in [5.74, 6) is -1.05. The van der Waals surface area contributed by atoms with Crippen molar-refractivity contribution in [2.75, 3.05) is 0 Å². The zero-order valence-electron chi connectivity index (χ0n) is 11.8. The third-order valence-corrected chi connectivity index (χ3v) is 5.13. The number of thiophene rings is 1. The molecular formula is C15H20N2O3S. The minimum Gasteiger partial charge on any atom is -0.481 e. The first kappa shape index (κ1) is 14.4. The summed E-state index contributed by atoms with van der Waals surface area (Å²) >= 11 is 1.66. The third-order valence-electron chi connectivity index (χ3n) is 4.26. The molecule has 21 heavy (non-hydrogen) atoms. The van der Waals surface area contributed by atoms with E-state index in [0.29, 0.717) is 25.4 Å². The van der Waals surface area contributed by atoms with Gasteiger partial charge in [0.2, 0.25) is 0 Å². The first-order valence-corrected chi connectivity index (χ1v) is 8.34. The Labute approximate surface area is 128 Å². The van der Waals surface area contributed by atoms with E-state index >= 15 is 0 Å². The van der Waals surface area contributed by atoms with Crippen molar-refractivity contribution in [1.29, 1.82) is 0 Å². The van der Waals surface area contributed by atoms with Crippen LogP contribution in [0.25, 0.3) is 0 Å². The topological polar surface area (TPSA) is 69.6 Å². The first-order chi connectivity index (χ1) is 10.1. The highest BCUT2D eigenvalue weighted by Gasteiger charge is 2.36. The average Bonchev–Trinajstić information content (AvgIpc) is 2.97. The summed E-state index contributed by atoms with van der Waals surface area (Å²) in [7, 11) is 0. The maximum atomic E-state index is 12.5. The lowest BCUT2D eigenvalue weighted by Gasteiger charge is -2.24. The van der Waals surface area contributed by atoms with Crippen molar-refractivity contribution in [1.82, 2.24) is 10.2 Å². The van der Waals surface area contributed by atoms with Crippen LogP contribution in [0.4, 0.5) is 4.79 Å². The monoisotopic (exact) mass is 308 g/mol. The van der Waals surface area contributed by atoms with Crippen molar-refractivity contribution in [3.8, 4) is 0 Å². The van der Waals surface area contributed by atoms with Crippen LogP contribution in [-0.2, 0) is 11.3 Å². The Morgan fingerprint density at radius 2 is 2.14 bits per heavy atom. The minimum absolute atomic E-state index is 0.00295. The lowest BCUT2D eigenvalue weighted by atomic mass is 10.1. The number of carboxylic acids is 1. The van der Waals surface area contributed by atoms with Crippen LogP contribution in [0.2, 0.25) is 0 Å². The summed E-state index contributed by atoms with van der Waals surface area (Å²) < 4.78 is 0. The van der Waals surface area contributed by atoms with Gasteiger partial charge in [0.1, 0.15) is 0 Å². The van der Waals surface area contributed by atoms with Gasteiger partial charge in [-0.15, -0.1) is 11.3 Å². The van der Waals surface area contributed by atoms with Crippen molar-refractivity contribution in [2.24, 2.45) is 5.92 Å². The molecule has 1 aromatic heterocycles. The number of nitrogens with one attached hydrogen (secondary N) is 1. The molecule has 2 saturated carbocycles. The van der Waals surface area contributed by atoms with Gasteiger partial charge in [0.25, 0.3) is 0 Å². The van der Waals surface area contributed by atoms with Gasteiger partial charge < -0.3 is 15.3 Å². The molecule has 2 unspecified atom stereocenters. The van der Waals surface area contributed by atoms with Crippen LogP contribution in [0.15, 0.2) is 17.5 Å². The van der Waals surface area contributed by atoms with Gasteiger partial charge in [-0.25, -0.2) is 4.79 Å². The highest BCUT2D eigenvalue weighted by molar-refractivity contribution is 7.09. The van der Waals surface area contributed by atoms with Crippen molar-refractivity contribution in [2.45, 2.75) is 50.7 Å². The van der Waals surface area contributed by atoms with Gasteiger partial charge in [-0.05, 0) is 43.6 Å². The van der Waals surface area contributed by atoms with E-state index in [1.165, 1.54) is 4.88 Å². The molecule has 0 spiro atoms. The predicted molar refractivity (Wildman–Crippen MR) is 80.2 cm³/mol. The molecule has 2 fully saturated rings. The Bertz CT molecular complexity index is 513. The van der Waals surface area contributed by atoms with E-state index in [-0.39, 0.29) is 18.0 Å². The Hall–Kier alpha value is -1.56. The van der Waals surface area contributed by atoms with Gasteiger partial charge in [0.15, 0.2) is 0 Å². The third kappa shape index (κ3) is 3.56. The second kappa shape index (κ2) is 6.05. The number of hydrogen-bond donors (Lipinski definition) is 2. The smallest absolute Gasteiger partial charge is 0.318 e. The zero-order chi connectivity index (χ0) is 14.8.